The van der Waals surface area contributed by atoms with Crippen LogP contribution in [-0.4, -0.2) is 208 Å². The summed E-state index contributed by atoms with van der Waals surface area (Å²) in [5, 5.41) is 29.5. The van der Waals surface area contributed by atoms with Gasteiger partial charge in [-0.1, -0.05) is 5.11 Å². The fourth-order valence-corrected chi connectivity index (χ4v) is 7.04. The van der Waals surface area contributed by atoms with E-state index < -0.39 is 146 Å². The Morgan fingerprint density at radius 3 is 1.24 bits per heavy atom. The van der Waals surface area contributed by atoms with Crippen LogP contribution in [0.1, 0.15) is 94.4 Å². The van der Waals surface area contributed by atoms with Gasteiger partial charge in [-0.15, -0.1) is 0 Å². The Balaban J connectivity index is 0. The van der Waals surface area contributed by atoms with E-state index in [1.54, 1.807) is 0 Å². The molecule has 5 aliphatic heterocycles. The molecule has 5 aliphatic rings. The van der Waals surface area contributed by atoms with Crippen molar-refractivity contribution in [2.75, 3.05) is 40.1 Å². The molecule has 15 atom stereocenters. The van der Waals surface area contributed by atoms with Gasteiger partial charge in [-0.2, -0.15) is 0 Å². The largest absolute Gasteiger partial charge is 0.487 e. The molecule has 0 bridgehead atoms. The molecule has 5 rings (SSSR count). The van der Waals surface area contributed by atoms with Gasteiger partial charge in [0.2, 0.25) is 6.29 Å². The van der Waals surface area contributed by atoms with Crippen LogP contribution >= 0.6 is 0 Å². The average molecular weight is 1240 g/mol. The summed E-state index contributed by atoms with van der Waals surface area (Å²) in [5.41, 5.74) is 13.8. The van der Waals surface area contributed by atoms with Gasteiger partial charge in [-0.3, -0.25) is 43.2 Å². The minimum absolute atomic E-state index is 0. The second-order valence-electron chi connectivity index (χ2n) is 16.7. The first-order valence-corrected chi connectivity index (χ1v) is 23.6. The van der Waals surface area contributed by atoms with Crippen LogP contribution in [0.4, 0.5) is 0 Å². The third kappa shape index (κ3) is 33.5. The molecule has 5 unspecified atom stereocenters. The van der Waals surface area contributed by atoms with Crippen molar-refractivity contribution in [3.8, 4) is 0 Å². The fraction of sp³-hybridized carbons (Fsp3) is 0.761. The topological polar surface area (TPSA) is 440 Å². The number of methoxy groups -OCH3 is 1. The molecule has 456 valence electrons. The molecule has 0 amide bonds. The van der Waals surface area contributed by atoms with Gasteiger partial charge < -0.3 is 99.5 Å². The van der Waals surface area contributed by atoms with Crippen LogP contribution in [0.2, 0.25) is 0 Å². The summed E-state index contributed by atoms with van der Waals surface area (Å²) in [6, 6.07) is 0. The third-order valence-electron chi connectivity index (χ3n) is 10.0. The van der Waals surface area contributed by atoms with Crippen LogP contribution < -0.4 is 5.73 Å². The van der Waals surface area contributed by atoms with E-state index >= 15 is 0 Å². The molecule has 0 aromatic carbocycles. The van der Waals surface area contributed by atoms with Crippen molar-refractivity contribution >= 4 is 60.1 Å². The van der Waals surface area contributed by atoms with Crippen molar-refractivity contribution in [1.82, 2.24) is 0 Å². The molecular weight excluding hydrogens is 1160 g/mol. The number of carbonyl (C=O) groups excluding carboxylic acids is 9. The van der Waals surface area contributed by atoms with Gasteiger partial charge in [0.1, 0.15) is 93.8 Å². The molecule has 0 spiro atoms. The van der Waals surface area contributed by atoms with Gasteiger partial charge in [-0.05, 0) is 5.53 Å². The van der Waals surface area contributed by atoms with Crippen LogP contribution in [0.3, 0.4) is 0 Å². The van der Waals surface area contributed by atoms with E-state index in [9.17, 15) is 43.2 Å². The van der Waals surface area contributed by atoms with E-state index in [1.165, 1.54) is 75.8 Å². The Bertz CT molecular complexity index is 2000. The molecule has 5 fully saturated rings. The van der Waals surface area contributed by atoms with Crippen LogP contribution in [0, 0.1) is 7.43 Å². The number of azide groups is 1. The minimum Gasteiger partial charge on any atom is -0.487 e. The first kappa shape index (κ1) is 75.4. The summed E-state index contributed by atoms with van der Waals surface area (Å²) in [4.78, 5) is 104. The number of nitrogens with two attached hydrogens (primary N) is 1. The summed E-state index contributed by atoms with van der Waals surface area (Å²) in [7, 11) is 1.47. The molecule has 0 aromatic rings. The van der Waals surface area contributed by atoms with Crippen molar-refractivity contribution in [3.63, 3.8) is 0 Å². The van der Waals surface area contributed by atoms with Gasteiger partial charge in [0.15, 0.2) is 18.9 Å². The zero-order valence-electron chi connectivity index (χ0n) is 45.6. The van der Waals surface area contributed by atoms with Crippen molar-refractivity contribution in [2.24, 2.45) is 15.8 Å². The van der Waals surface area contributed by atoms with Gasteiger partial charge in [0, 0.05) is 113 Å². The smallest absolute Gasteiger partial charge is 0.304 e. The molecule has 5 saturated heterocycles. The SMILES string of the molecule is CC(=O)OC[C@H]1OC(N)C[C@@H]1OC(C)=O.CC(=O)OC[C@H]1OC(N=[N+]=[N-])C[C@@H]1OC(C)=O.CC(=O)OC[C@H]1OC(OC(C)=O)C[C@@H]1OC(C)=O.COC=NC1C[C@H](OC(C)=O)[C@@H](COC(C)=O)O1.OC[C@H]1OC(O)C[C@@H]1O.[CH3-].[Pd]. The number of carbonyl (C=O) groups is 9. The fourth-order valence-electron chi connectivity index (χ4n) is 7.04. The monoisotopic (exact) mass is 1230 g/mol. The molecule has 0 aromatic heterocycles. The molecule has 0 aliphatic carbocycles. The van der Waals surface area contributed by atoms with Crippen molar-refractivity contribution in [2.45, 2.75) is 187 Å². The van der Waals surface area contributed by atoms with Gasteiger partial charge in [0.25, 0.3) is 0 Å². The number of esters is 9. The van der Waals surface area contributed by atoms with E-state index in [4.69, 9.17) is 88.2 Å². The summed E-state index contributed by atoms with van der Waals surface area (Å²) in [6.45, 7) is 11.3. The van der Waals surface area contributed by atoms with Crippen molar-refractivity contribution in [1.29, 1.82) is 0 Å². The standard InChI is InChI=1S/C11H17NO6.C11H16O7.C9H13N3O5.C9H15NO5.C5H10O4.CH3.Pd/c1-7(13)16-5-10-9(17-8(2)14)4-11(18-10)12-6-15-3;1-6(12)15-5-10-9(16-7(2)13)4-11(18-10)17-8(3)14;1-5(13)15-4-8-7(16-6(2)14)3-9(17-8)11-12-10;1-5(11)13-4-8-7(14-6(2)12)3-9(10)15-8;6-2-4-3(7)1-5(8)9-4;;/h6,9-11H,4-5H2,1-3H3;9-11H,4-5H2,1-3H3;7-9H,3-4H2,1-2H3;7-9H,3-4,10H2,1-2H3;3-8H,1-2H2;1H3;/q;;;;;-1;/t2*9-,10+,11?;2*7-,8+,9?;3-,4+,5?;;/m00000../s1. The number of aliphatic hydroxyl groups excluding tert-OH is 3. The number of rotatable bonds is 17. The predicted octanol–water partition coefficient (Wildman–Crippen LogP) is -0.214. The van der Waals surface area contributed by atoms with E-state index in [1.807, 2.05) is 0 Å². The van der Waals surface area contributed by atoms with Crippen LogP contribution in [0.5, 0.6) is 0 Å². The van der Waals surface area contributed by atoms with Crippen molar-refractivity contribution in [3.05, 3.63) is 17.9 Å². The quantitative estimate of drug-likeness (QED) is 0.0168. The Hall–Kier alpha value is -5.69. The maximum absolute atomic E-state index is 11.0. The number of hydrogen-bond donors (Lipinski definition) is 4. The Morgan fingerprint density at radius 2 is 0.899 bits per heavy atom. The van der Waals surface area contributed by atoms with E-state index in [-0.39, 0.29) is 80.1 Å². The molecule has 5 N–H and O–H groups in total. The minimum atomic E-state index is -0.905. The summed E-state index contributed by atoms with van der Waals surface area (Å²) < 4.78 is 74.9. The Morgan fingerprint density at radius 1 is 0.532 bits per heavy atom. The molecule has 5 heterocycles. The third-order valence-corrected chi connectivity index (χ3v) is 10.0. The van der Waals surface area contributed by atoms with Crippen molar-refractivity contribution < 1.29 is 150 Å². The Kier molecular flexibility index (Phi) is 38.6. The zero-order chi connectivity index (χ0) is 58.4. The number of nitrogens with zero attached hydrogens (tertiary/aromatic N) is 4. The van der Waals surface area contributed by atoms with Gasteiger partial charge in [-0.25, -0.2) is 4.99 Å². The summed E-state index contributed by atoms with van der Waals surface area (Å²) >= 11 is 0. The molecule has 79 heavy (non-hydrogen) atoms. The van der Waals surface area contributed by atoms with Crippen LogP contribution in [-0.2, 0) is 135 Å². The summed E-state index contributed by atoms with van der Waals surface area (Å²) in [6.07, 6.45) is -6.13. The predicted molar refractivity (Wildman–Crippen MR) is 257 cm³/mol. The number of ether oxygens (including phenoxy) is 15. The maximum Gasteiger partial charge on any atom is 0.304 e. The van der Waals surface area contributed by atoms with Gasteiger partial charge in [0.05, 0.1) is 26.2 Å². The Labute approximate surface area is 469 Å². The first-order valence-electron chi connectivity index (χ1n) is 23.6. The average Bonchev–Trinajstić information content (AvgIpc) is 4.14. The molecule has 33 heteroatoms. The summed E-state index contributed by atoms with van der Waals surface area (Å²) in [5.74, 6) is -3.97. The normalized spacial score (nSPS) is 28.7. The number of aliphatic imine (C=N–C) groups is 1. The number of hydrogen-bond acceptors (Lipinski definition) is 30. The molecule has 32 nitrogen and oxygen atoms in total. The number of aliphatic hydroxyl groups is 3. The van der Waals surface area contributed by atoms with E-state index in [0.29, 0.717) is 12.8 Å². The first-order chi connectivity index (χ1) is 36.2. The van der Waals surface area contributed by atoms with Gasteiger partial charge >= 0.3 is 53.7 Å². The molecule has 0 radical (unpaired) electrons. The van der Waals surface area contributed by atoms with Crippen LogP contribution in [0.25, 0.3) is 10.4 Å². The molecular formula is C46H74N5O27Pd-. The van der Waals surface area contributed by atoms with E-state index in [2.05, 4.69) is 24.5 Å². The van der Waals surface area contributed by atoms with Crippen LogP contribution in [0.15, 0.2) is 10.1 Å². The second-order valence-corrected chi connectivity index (χ2v) is 16.7. The molecule has 0 saturated carbocycles. The van der Waals surface area contributed by atoms with E-state index in [0.717, 1.165) is 0 Å². The second kappa shape index (κ2) is 40.5. The maximum atomic E-state index is 11.0. The zero-order valence-corrected chi connectivity index (χ0v) is 47.2.